The summed E-state index contributed by atoms with van der Waals surface area (Å²) in [5.74, 6) is 0. The van der Waals surface area contributed by atoms with Gasteiger partial charge >= 0.3 is 0 Å². The Balaban J connectivity index is 7.12. The zero-order valence-corrected chi connectivity index (χ0v) is 31.1. The molecule has 170 valence electrons. The van der Waals surface area contributed by atoms with Crippen LogP contribution in [0.2, 0.25) is 0 Å². The fourth-order valence-corrected chi connectivity index (χ4v) is 17.5. The largest absolute Gasteiger partial charge is 0.374 e. The third kappa shape index (κ3) is 5.88. The first-order chi connectivity index (χ1) is 11.9. The van der Waals surface area contributed by atoms with E-state index in [0.717, 1.165) is 0 Å². The standard InChI is InChI=1S/C15H24Br9O3P/c1-10(2,7(16)17)13(22,25)28(14(23,26)11(3,4)8(18)19)15(24,27)12(5,6)9(20)21/h7-9,25-27H,1-6H3. The third-order valence-electron chi connectivity index (χ3n) is 4.99. The van der Waals surface area contributed by atoms with Gasteiger partial charge in [-0.25, -0.2) is 0 Å². The van der Waals surface area contributed by atoms with Crippen molar-refractivity contribution in [3.63, 3.8) is 0 Å². The highest BCUT2D eigenvalue weighted by Crippen LogP contribution is 2.82. The van der Waals surface area contributed by atoms with Crippen molar-refractivity contribution < 1.29 is 15.3 Å². The number of hydrogen-bond donors (Lipinski definition) is 3. The average molecular weight is 1000 g/mol. The normalized spacial score (nSPS) is 22.2. The van der Waals surface area contributed by atoms with Crippen LogP contribution in [0.4, 0.5) is 0 Å². The molecule has 3 nitrogen and oxygen atoms in total. The van der Waals surface area contributed by atoms with Crippen LogP contribution < -0.4 is 0 Å². The van der Waals surface area contributed by atoms with E-state index in [-0.39, 0.29) is 11.2 Å². The molecule has 28 heavy (non-hydrogen) atoms. The molecule has 13 heteroatoms. The summed E-state index contributed by atoms with van der Waals surface area (Å²) in [6.07, 6.45) is 0. The summed E-state index contributed by atoms with van der Waals surface area (Å²) in [5, 5.41) is 35.6. The van der Waals surface area contributed by atoms with Gasteiger partial charge in [0, 0.05) is 24.2 Å². The summed E-state index contributed by atoms with van der Waals surface area (Å²) in [7, 11) is -2.12. The monoisotopic (exact) mass is 993 g/mol. The molecule has 0 aromatic rings. The number of aliphatic hydroxyl groups is 3. The van der Waals surface area contributed by atoms with E-state index in [1.807, 2.05) is 41.5 Å². The predicted octanol–water partition coefficient (Wildman–Crippen LogP) is 9.02. The van der Waals surface area contributed by atoms with Crippen molar-refractivity contribution in [1.82, 2.24) is 0 Å². The van der Waals surface area contributed by atoms with Gasteiger partial charge in [0.25, 0.3) is 0 Å². The molecule has 0 aliphatic heterocycles. The van der Waals surface area contributed by atoms with Crippen LogP contribution in [0.3, 0.4) is 0 Å². The van der Waals surface area contributed by atoms with Crippen LogP contribution in [-0.4, -0.2) is 39.3 Å². The topological polar surface area (TPSA) is 60.7 Å². The highest BCUT2D eigenvalue weighted by atomic mass is 79.9. The van der Waals surface area contributed by atoms with Crippen molar-refractivity contribution in [2.24, 2.45) is 16.2 Å². The van der Waals surface area contributed by atoms with Crippen LogP contribution in [0, 0.1) is 16.2 Å². The van der Waals surface area contributed by atoms with Crippen molar-refractivity contribution >= 4 is 151 Å². The maximum absolute atomic E-state index is 11.9. The number of hydrogen-bond acceptors (Lipinski definition) is 3. The van der Waals surface area contributed by atoms with Crippen molar-refractivity contribution in [1.29, 1.82) is 0 Å². The van der Waals surface area contributed by atoms with E-state index in [0.29, 0.717) is 0 Å². The maximum atomic E-state index is 11.9. The summed E-state index contributed by atoms with van der Waals surface area (Å²) in [5.41, 5.74) is -2.59. The zero-order valence-electron chi connectivity index (χ0n) is 15.9. The van der Waals surface area contributed by atoms with Gasteiger partial charge in [0.15, 0.2) is 12.8 Å². The first-order valence-electron chi connectivity index (χ1n) is 7.83. The quantitative estimate of drug-likeness (QED) is 0.160. The van der Waals surface area contributed by atoms with E-state index in [4.69, 9.17) is 0 Å². The molecule has 3 unspecified atom stereocenters. The summed E-state index contributed by atoms with van der Waals surface area (Å²) in [4.78, 5) is 0. The molecule has 0 spiro atoms. The van der Waals surface area contributed by atoms with Crippen LogP contribution in [-0.2, 0) is 0 Å². The zero-order chi connectivity index (χ0) is 23.3. The number of halogens is 9. The van der Waals surface area contributed by atoms with Gasteiger partial charge in [-0.1, -0.05) is 137 Å². The fourth-order valence-electron chi connectivity index (χ4n) is 1.87. The maximum Gasteiger partial charge on any atom is 0.152 e. The molecule has 0 rings (SSSR count). The van der Waals surface area contributed by atoms with E-state index in [2.05, 4.69) is 143 Å². The second-order valence-electron chi connectivity index (χ2n) is 8.16. The highest BCUT2D eigenvalue weighted by molar-refractivity contribution is 9.25. The average Bonchev–Trinajstić information content (AvgIpc) is 2.44. The minimum Gasteiger partial charge on any atom is -0.374 e. The summed E-state index contributed by atoms with van der Waals surface area (Å²) < 4.78 is -6.10. The van der Waals surface area contributed by atoms with Crippen LogP contribution in [0.5, 0.6) is 0 Å². The minimum absolute atomic E-state index is 0.327. The van der Waals surface area contributed by atoms with Gasteiger partial charge in [0.05, 0.1) is 11.2 Å². The molecular weight excluding hydrogens is 978 g/mol. The Hall–Kier alpha value is 4.63. The predicted molar refractivity (Wildman–Crippen MR) is 155 cm³/mol. The van der Waals surface area contributed by atoms with E-state index >= 15 is 0 Å². The molecule has 0 aliphatic rings. The lowest BCUT2D eigenvalue weighted by molar-refractivity contribution is 0.0452. The van der Waals surface area contributed by atoms with E-state index in [9.17, 15) is 15.3 Å². The van der Waals surface area contributed by atoms with Gasteiger partial charge in [-0.05, 0) is 47.8 Å². The van der Waals surface area contributed by atoms with E-state index in [1.165, 1.54) is 0 Å². The molecule has 0 saturated heterocycles. The van der Waals surface area contributed by atoms with Crippen molar-refractivity contribution in [2.45, 2.75) is 65.5 Å². The Bertz CT molecular complexity index is 473. The van der Waals surface area contributed by atoms with Gasteiger partial charge in [-0.2, -0.15) is 0 Å². The SMILES string of the molecule is CC(C)(C(Br)Br)C(O)(Br)P(C(O)(Br)C(C)(C)C(Br)Br)C(O)(Br)C(C)(C)C(Br)Br. The molecule has 0 aromatic heterocycles. The Labute approximate surface area is 245 Å². The van der Waals surface area contributed by atoms with E-state index in [1.54, 1.807) is 0 Å². The van der Waals surface area contributed by atoms with Gasteiger partial charge < -0.3 is 15.3 Å². The first kappa shape index (κ1) is 32.6. The van der Waals surface area contributed by atoms with Gasteiger partial charge in [0.2, 0.25) is 0 Å². The Kier molecular flexibility index (Phi) is 12.5. The third-order valence-corrected chi connectivity index (χ3v) is 21.6. The van der Waals surface area contributed by atoms with Gasteiger partial charge in [-0.3, -0.25) is 0 Å². The molecule has 3 atom stereocenters. The summed E-state index contributed by atoms with van der Waals surface area (Å²) >= 11 is 31.5. The Morgan fingerprint density at radius 1 is 0.500 bits per heavy atom. The molecule has 0 amide bonds. The van der Waals surface area contributed by atoms with Gasteiger partial charge in [-0.15, -0.1) is 0 Å². The molecule has 0 fully saturated rings. The molecule has 0 heterocycles. The van der Waals surface area contributed by atoms with Crippen molar-refractivity contribution in [2.75, 3.05) is 0 Å². The molecular formula is C15H24Br9O3P. The number of rotatable bonds is 9. The highest BCUT2D eigenvalue weighted by Gasteiger charge is 2.70. The lowest BCUT2D eigenvalue weighted by atomic mass is 9.96. The minimum atomic E-state index is -2.12. The first-order valence-corrected chi connectivity index (χ1v) is 17.0. The van der Waals surface area contributed by atoms with E-state index < -0.39 is 36.9 Å². The number of alkyl halides is 9. The van der Waals surface area contributed by atoms with Crippen LogP contribution in [0.15, 0.2) is 0 Å². The summed E-state index contributed by atoms with van der Waals surface area (Å²) in [6, 6.07) is 0. The second kappa shape index (κ2) is 10.7. The second-order valence-corrected chi connectivity index (χ2v) is 25.2. The smallest absolute Gasteiger partial charge is 0.152 e. The molecule has 0 saturated carbocycles. The van der Waals surface area contributed by atoms with Crippen molar-refractivity contribution in [3.05, 3.63) is 0 Å². The lowest BCUT2D eigenvalue weighted by Gasteiger charge is -2.59. The summed E-state index contributed by atoms with van der Waals surface area (Å²) in [6.45, 7) is 11.0. The van der Waals surface area contributed by atoms with Crippen LogP contribution >= 0.6 is 151 Å². The van der Waals surface area contributed by atoms with Crippen LogP contribution in [0.25, 0.3) is 0 Å². The molecule has 0 bridgehead atoms. The molecule has 0 radical (unpaired) electrons. The fraction of sp³-hybridized carbons (Fsp3) is 1.00. The molecule has 3 N–H and O–H groups in total. The Morgan fingerprint density at radius 3 is 0.750 bits per heavy atom. The molecule has 0 aliphatic carbocycles. The van der Waals surface area contributed by atoms with Crippen LogP contribution in [0.1, 0.15) is 41.5 Å². The van der Waals surface area contributed by atoms with Crippen molar-refractivity contribution in [3.8, 4) is 0 Å². The lowest BCUT2D eigenvalue weighted by Crippen LogP contribution is -2.58. The molecule has 0 aromatic carbocycles. The van der Waals surface area contributed by atoms with Gasteiger partial charge in [0.1, 0.15) is 0 Å². The Morgan fingerprint density at radius 2 is 0.643 bits per heavy atom.